The van der Waals surface area contributed by atoms with Gasteiger partial charge in [-0.3, -0.25) is 4.90 Å². The Kier molecular flexibility index (Phi) is 6.45. The number of unbranched alkanes of at least 4 members (excludes halogenated alkanes) is 1. The fraction of sp³-hybridized carbons (Fsp3) is 1.00. The van der Waals surface area contributed by atoms with Gasteiger partial charge in [-0.15, -0.1) is 0 Å². The molecule has 0 amide bonds. The first-order valence-electron chi connectivity index (χ1n) is 7.29. The van der Waals surface area contributed by atoms with Crippen molar-refractivity contribution in [1.82, 2.24) is 4.90 Å². The van der Waals surface area contributed by atoms with Crippen molar-refractivity contribution in [2.75, 3.05) is 26.2 Å². The second-order valence-electron chi connectivity index (χ2n) is 5.23. The average Bonchev–Trinajstić information content (AvgIpc) is 2.41. The van der Waals surface area contributed by atoms with E-state index in [1.165, 1.54) is 19.3 Å². The molecule has 0 aromatic rings. The quantitative estimate of drug-likeness (QED) is 0.745. The minimum atomic E-state index is 0.215. The van der Waals surface area contributed by atoms with Gasteiger partial charge in [-0.05, 0) is 19.3 Å². The molecule has 0 aliphatic carbocycles. The maximum absolute atomic E-state index is 6.09. The van der Waals surface area contributed by atoms with Crippen LogP contribution >= 0.6 is 0 Å². The molecule has 102 valence electrons. The van der Waals surface area contributed by atoms with Crippen molar-refractivity contribution < 1.29 is 4.74 Å². The minimum Gasteiger partial charge on any atom is -0.376 e. The Bertz CT molecular complexity index is 204. The summed E-state index contributed by atoms with van der Waals surface area (Å²) in [6, 6.07) is 0. The van der Waals surface area contributed by atoms with E-state index in [1.54, 1.807) is 0 Å². The lowest BCUT2D eigenvalue weighted by atomic mass is 9.87. The van der Waals surface area contributed by atoms with Crippen LogP contribution in [0.25, 0.3) is 0 Å². The molecule has 3 heteroatoms. The molecule has 1 aliphatic rings. The van der Waals surface area contributed by atoms with Crippen molar-refractivity contribution >= 4 is 0 Å². The Balaban J connectivity index is 2.67. The van der Waals surface area contributed by atoms with Crippen LogP contribution in [-0.2, 0) is 4.74 Å². The van der Waals surface area contributed by atoms with Crippen LogP contribution in [-0.4, -0.2) is 42.8 Å². The van der Waals surface area contributed by atoms with Gasteiger partial charge >= 0.3 is 0 Å². The zero-order chi connectivity index (χ0) is 12.7. The van der Waals surface area contributed by atoms with Crippen LogP contribution in [0.15, 0.2) is 0 Å². The third-order valence-electron chi connectivity index (χ3n) is 4.30. The van der Waals surface area contributed by atoms with Crippen molar-refractivity contribution in [3.05, 3.63) is 0 Å². The molecule has 1 aliphatic heterocycles. The molecule has 0 aromatic heterocycles. The van der Waals surface area contributed by atoms with E-state index in [0.717, 1.165) is 39.1 Å². The molecule has 0 aromatic carbocycles. The lowest BCUT2D eigenvalue weighted by Gasteiger charge is -2.47. The summed E-state index contributed by atoms with van der Waals surface area (Å²) in [5.41, 5.74) is 6.31. The van der Waals surface area contributed by atoms with E-state index in [2.05, 4.69) is 25.7 Å². The standard InChI is InChI=1S/C14H30N2O/c1-4-7-8-14(6-3,12-15)16-9-10-17-13(5-2)11-16/h13H,4-12,15H2,1-3H3. The van der Waals surface area contributed by atoms with Gasteiger partial charge in [0, 0.05) is 25.2 Å². The molecule has 3 nitrogen and oxygen atoms in total. The molecule has 1 fully saturated rings. The predicted molar refractivity (Wildman–Crippen MR) is 73.2 cm³/mol. The number of hydrogen-bond acceptors (Lipinski definition) is 3. The molecule has 1 heterocycles. The smallest absolute Gasteiger partial charge is 0.0700 e. The number of nitrogens with zero attached hydrogens (tertiary/aromatic N) is 1. The van der Waals surface area contributed by atoms with Gasteiger partial charge in [0.1, 0.15) is 0 Å². The van der Waals surface area contributed by atoms with E-state index < -0.39 is 0 Å². The van der Waals surface area contributed by atoms with Crippen LogP contribution < -0.4 is 5.73 Å². The van der Waals surface area contributed by atoms with Gasteiger partial charge in [-0.2, -0.15) is 0 Å². The van der Waals surface area contributed by atoms with Crippen LogP contribution in [0.1, 0.15) is 52.9 Å². The van der Waals surface area contributed by atoms with Crippen molar-refractivity contribution in [3.63, 3.8) is 0 Å². The first kappa shape index (κ1) is 14.9. The highest BCUT2D eigenvalue weighted by molar-refractivity contribution is 4.92. The van der Waals surface area contributed by atoms with Gasteiger partial charge in [0.25, 0.3) is 0 Å². The summed E-state index contributed by atoms with van der Waals surface area (Å²) >= 11 is 0. The first-order valence-corrected chi connectivity index (χ1v) is 7.29. The SMILES string of the molecule is CCCCC(CC)(CN)N1CCOC(CC)C1. The van der Waals surface area contributed by atoms with Gasteiger partial charge in [-0.25, -0.2) is 0 Å². The summed E-state index contributed by atoms with van der Waals surface area (Å²) in [4.78, 5) is 2.60. The number of ether oxygens (including phenoxy) is 1. The molecule has 0 spiro atoms. The monoisotopic (exact) mass is 242 g/mol. The molecule has 1 saturated heterocycles. The van der Waals surface area contributed by atoms with Crippen LogP contribution in [0.4, 0.5) is 0 Å². The fourth-order valence-corrected chi connectivity index (χ4v) is 2.84. The van der Waals surface area contributed by atoms with Crippen LogP contribution in [0.5, 0.6) is 0 Å². The summed E-state index contributed by atoms with van der Waals surface area (Å²) in [7, 11) is 0. The summed E-state index contributed by atoms with van der Waals surface area (Å²) in [5.74, 6) is 0. The van der Waals surface area contributed by atoms with E-state index in [0.29, 0.717) is 6.10 Å². The van der Waals surface area contributed by atoms with Gasteiger partial charge < -0.3 is 10.5 Å². The number of morpholine rings is 1. The highest BCUT2D eigenvalue weighted by Gasteiger charge is 2.36. The zero-order valence-corrected chi connectivity index (χ0v) is 11.9. The summed E-state index contributed by atoms with van der Waals surface area (Å²) in [6.07, 6.45) is 6.42. The molecule has 1 rings (SSSR count). The van der Waals surface area contributed by atoms with E-state index in [1.807, 2.05) is 0 Å². The lowest BCUT2D eigenvalue weighted by molar-refractivity contribution is -0.0728. The highest BCUT2D eigenvalue weighted by Crippen LogP contribution is 2.28. The Morgan fingerprint density at radius 2 is 2.12 bits per heavy atom. The number of nitrogens with two attached hydrogens (primary N) is 1. The number of rotatable bonds is 7. The topological polar surface area (TPSA) is 38.5 Å². The normalized spacial score (nSPS) is 25.8. The molecule has 0 saturated carbocycles. The van der Waals surface area contributed by atoms with Crippen molar-refractivity contribution in [1.29, 1.82) is 0 Å². The van der Waals surface area contributed by atoms with Gasteiger partial charge in [0.05, 0.1) is 12.7 Å². The maximum atomic E-state index is 6.09. The third-order valence-corrected chi connectivity index (χ3v) is 4.30. The summed E-state index contributed by atoms with van der Waals surface area (Å²) in [6.45, 7) is 10.5. The van der Waals surface area contributed by atoms with E-state index in [4.69, 9.17) is 10.5 Å². The second kappa shape index (κ2) is 7.34. The summed E-state index contributed by atoms with van der Waals surface area (Å²) < 4.78 is 5.76. The van der Waals surface area contributed by atoms with E-state index in [9.17, 15) is 0 Å². The molecule has 2 atom stereocenters. The zero-order valence-electron chi connectivity index (χ0n) is 11.9. The molecular formula is C14H30N2O. The molecule has 2 N–H and O–H groups in total. The summed E-state index contributed by atoms with van der Waals surface area (Å²) in [5, 5.41) is 0. The van der Waals surface area contributed by atoms with Gasteiger partial charge in [-0.1, -0.05) is 33.6 Å². The minimum absolute atomic E-state index is 0.215. The molecule has 17 heavy (non-hydrogen) atoms. The Morgan fingerprint density at radius 3 is 2.65 bits per heavy atom. The molecular weight excluding hydrogens is 212 g/mol. The number of hydrogen-bond donors (Lipinski definition) is 1. The van der Waals surface area contributed by atoms with Crippen molar-refractivity contribution in [3.8, 4) is 0 Å². The molecule has 0 bridgehead atoms. The Hall–Kier alpha value is -0.120. The largest absolute Gasteiger partial charge is 0.376 e. The van der Waals surface area contributed by atoms with Crippen LogP contribution in [0, 0.1) is 0 Å². The highest BCUT2D eigenvalue weighted by atomic mass is 16.5. The van der Waals surface area contributed by atoms with Crippen LogP contribution in [0.2, 0.25) is 0 Å². The van der Waals surface area contributed by atoms with Gasteiger partial charge in [0.15, 0.2) is 0 Å². The van der Waals surface area contributed by atoms with E-state index >= 15 is 0 Å². The fourth-order valence-electron chi connectivity index (χ4n) is 2.84. The lowest BCUT2D eigenvalue weighted by Crippen LogP contribution is -2.59. The predicted octanol–water partition coefficient (Wildman–Crippen LogP) is 2.39. The van der Waals surface area contributed by atoms with E-state index in [-0.39, 0.29) is 5.54 Å². The maximum Gasteiger partial charge on any atom is 0.0700 e. The van der Waals surface area contributed by atoms with Crippen LogP contribution in [0.3, 0.4) is 0 Å². The molecule has 0 radical (unpaired) electrons. The van der Waals surface area contributed by atoms with Gasteiger partial charge in [0.2, 0.25) is 0 Å². The third kappa shape index (κ3) is 3.67. The molecule has 2 unspecified atom stereocenters. The Morgan fingerprint density at radius 1 is 1.35 bits per heavy atom. The average molecular weight is 242 g/mol. The first-order chi connectivity index (χ1) is 8.22. The van der Waals surface area contributed by atoms with Crippen molar-refractivity contribution in [2.24, 2.45) is 5.73 Å². The second-order valence-corrected chi connectivity index (χ2v) is 5.23. The Labute approximate surface area is 107 Å². The van der Waals surface area contributed by atoms with Crippen molar-refractivity contribution in [2.45, 2.75) is 64.5 Å².